The van der Waals surface area contributed by atoms with Crippen LogP contribution in [0.1, 0.15) is 31.7 Å². The molecule has 0 spiro atoms. The quantitative estimate of drug-likeness (QED) is 0.889. The molecule has 6 heteroatoms. The number of hydrogen-bond acceptors (Lipinski definition) is 3. The Hall–Kier alpha value is -1.75. The second-order valence-electron chi connectivity index (χ2n) is 7.27. The number of likely N-dealkylation sites (tertiary alicyclic amines) is 1. The van der Waals surface area contributed by atoms with Gasteiger partial charge in [-0.15, -0.1) is 0 Å². The van der Waals surface area contributed by atoms with Crippen LogP contribution in [0, 0.1) is 24.7 Å². The average Bonchev–Trinajstić information content (AvgIpc) is 3.38. The summed E-state index contributed by atoms with van der Waals surface area (Å²) in [6.07, 6.45) is 2.86. The van der Waals surface area contributed by atoms with Crippen molar-refractivity contribution in [2.45, 2.75) is 33.1 Å². The van der Waals surface area contributed by atoms with Gasteiger partial charge in [0, 0.05) is 24.2 Å². The maximum atomic E-state index is 12.6. The molecule has 0 radical (unpaired) electrons. The molecular weight excluding hydrogens is 340 g/mol. The second-order valence-corrected chi connectivity index (χ2v) is 7.68. The Balaban J connectivity index is 1.62. The molecule has 3 atom stereocenters. The van der Waals surface area contributed by atoms with E-state index in [9.17, 15) is 9.59 Å². The topological polar surface area (TPSA) is 58.6 Å². The van der Waals surface area contributed by atoms with Gasteiger partial charge in [-0.25, -0.2) is 0 Å². The summed E-state index contributed by atoms with van der Waals surface area (Å²) in [7, 11) is 1.54. The van der Waals surface area contributed by atoms with Gasteiger partial charge >= 0.3 is 0 Å². The number of carbonyl (C=O) groups is 2. The van der Waals surface area contributed by atoms with Gasteiger partial charge in [0.2, 0.25) is 11.8 Å². The normalized spacial score (nSPS) is 25.4. The molecule has 1 saturated heterocycles. The summed E-state index contributed by atoms with van der Waals surface area (Å²) in [4.78, 5) is 27.1. The fourth-order valence-corrected chi connectivity index (χ4v) is 3.69. The minimum Gasteiger partial charge on any atom is -0.495 e. The zero-order chi connectivity index (χ0) is 18.1. The molecule has 5 nitrogen and oxygen atoms in total. The SMILES string of the molecule is COc1cc(Cl)c(C)cc1NC(=O)C1CC1C(=O)N1CCCC(C)C1. The molecule has 136 valence electrons. The van der Waals surface area contributed by atoms with E-state index in [4.69, 9.17) is 16.3 Å². The summed E-state index contributed by atoms with van der Waals surface area (Å²) < 4.78 is 5.29. The molecule has 1 aromatic carbocycles. The zero-order valence-electron chi connectivity index (χ0n) is 15.0. The third-order valence-corrected chi connectivity index (χ3v) is 5.56. The van der Waals surface area contributed by atoms with Crippen LogP contribution in [-0.2, 0) is 9.59 Å². The van der Waals surface area contributed by atoms with Gasteiger partial charge in [-0.2, -0.15) is 0 Å². The van der Waals surface area contributed by atoms with Gasteiger partial charge in [-0.1, -0.05) is 18.5 Å². The maximum absolute atomic E-state index is 12.6. The first-order chi connectivity index (χ1) is 11.9. The number of piperidine rings is 1. The molecule has 3 unspecified atom stereocenters. The Morgan fingerprint density at radius 3 is 2.76 bits per heavy atom. The van der Waals surface area contributed by atoms with E-state index in [0.717, 1.165) is 25.1 Å². The molecule has 0 aromatic heterocycles. The highest BCUT2D eigenvalue weighted by Gasteiger charge is 2.49. The van der Waals surface area contributed by atoms with Crippen molar-refractivity contribution in [2.75, 3.05) is 25.5 Å². The first-order valence-corrected chi connectivity index (χ1v) is 9.22. The summed E-state index contributed by atoms with van der Waals surface area (Å²) in [5.41, 5.74) is 1.46. The number of ether oxygens (including phenoxy) is 1. The van der Waals surface area contributed by atoms with Gasteiger partial charge in [0.15, 0.2) is 0 Å². The van der Waals surface area contributed by atoms with Crippen LogP contribution in [0.4, 0.5) is 5.69 Å². The van der Waals surface area contributed by atoms with Crippen molar-refractivity contribution < 1.29 is 14.3 Å². The minimum absolute atomic E-state index is 0.122. The van der Waals surface area contributed by atoms with Crippen molar-refractivity contribution in [3.05, 3.63) is 22.7 Å². The van der Waals surface area contributed by atoms with Crippen molar-refractivity contribution in [3.63, 3.8) is 0 Å². The fourth-order valence-electron chi connectivity index (χ4n) is 3.54. The number of rotatable bonds is 4. The van der Waals surface area contributed by atoms with Crippen LogP contribution < -0.4 is 10.1 Å². The monoisotopic (exact) mass is 364 g/mol. The number of methoxy groups -OCH3 is 1. The van der Waals surface area contributed by atoms with Crippen LogP contribution in [0.2, 0.25) is 5.02 Å². The van der Waals surface area contributed by atoms with Gasteiger partial charge in [0.25, 0.3) is 0 Å². The number of nitrogens with one attached hydrogen (secondary N) is 1. The molecule has 0 bridgehead atoms. The molecule has 1 heterocycles. The number of carbonyl (C=O) groups excluding carboxylic acids is 2. The van der Waals surface area contributed by atoms with Crippen LogP contribution >= 0.6 is 11.6 Å². The largest absolute Gasteiger partial charge is 0.495 e. The van der Waals surface area contributed by atoms with Crippen LogP contribution in [0.15, 0.2) is 12.1 Å². The van der Waals surface area contributed by atoms with Crippen molar-refractivity contribution in [1.29, 1.82) is 0 Å². The zero-order valence-corrected chi connectivity index (χ0v) is 15.7. The molecule has 2 fully saturated rings. The van der Waals surface area contributed by atoms with Gasteiger partial charge in [-0.05, 0) is 43.7 Å². The number of aryl methyl sites for hydroxylation is 1. The Morgan fingerprint density at radius 2 is 2.08 bits per heavy atom. The first-order valence-electron chi connectivity index (χ1n) is 8.84. The molecule has 1 N–H and O–H groups in total. The molecular formula is C19H25ClN2O3. The van der Waals surface area contributed by atoms with E-state index in [1.165, 1.54) is 13.5 Å². The third-order valence-electron chi connectivity index (χ3n) is 5.15. The Morgan fingerprint density at radius 1 is 1.32 bits per heavy atom. The van der Waals surface area contributed by atoms with Crippen molar-refractivity contribution in [2.24, 2.45) is 17.8 Å². The fraction of sp³-hybridized carbons (Fsp3) is 0.579. The molecule has 2 aliphatic rings. The summed E-state index contributed by atoms with van der Waals surface area (Å²) >= 11 is 6.10. The van der Waals surface area contributed by atoms with Crippen LogP contribution in [0.25, 0.3) is 0 Å². The van der Waals surface area contributed by atoms with Gasteiger partial charge < -0.3 is 15.0 Å². The third kappa shape index (κ3) is 3.92. The van der Waals surface area contributed by atoms with E-state index in [1.807, 2.05) is 11.8 Å². The number of anilines is 1. The Bertz CT molecular complexity index is 691. The number of hydrogen-bond donors (Lipinski definition) is 1. The molecule has 1 aliphatic carbocycles. The number of halogens is 1. The number of amides is 2. The average molecular weight is 365 g/mol. The Labute approximate surface area is 153 Å². The molecule has 3 rings (SSSR count). The molecule has 1 aromatic rings. The van der Waals surface area contributed by atoms with E-state index < -0.39 is 0 Å². The number of benzene rings is 1. The summed E-state index contributed by atoms with van der Waals surface area (Å²) in [5.74, 6) is 0.659. The second kappa shape index (κ2) is 7.24. The standard InChI is InChI=1S/C19H25ClN2O3/c1-11-5-4-6-22(10-11)19(24)14-8-13(14)18(23)21-16-7-12(2)15(20)9-17(16)25-3/h7,9,11,13-14H,4-6,8,10H2,1-3H3,(H,21,23). The lowest BCUT2D eigenvalue weighted by Crippen LogP contribution is -2.40. The highest BCUT2D eigenvalue weighted by Crippen LogP contribution is 2.42. The van der Waals surface area contributed by atoms with Gasteiger partial charge in [-0.3, -0.25) is 9.59 Å². The van der Waals surface area contributed by atoms with Crippen LogP contribution in [-0.4, -0.2) is 36.9 Å². The summed E-state index contributed by atoms with van der Waals surface area (Å²) in [6.45, 7) is 5.68. The van der Waals surface area contributed by atoms with E-state index in [0.29, 0.717) is 28.8 Å². The highest BCUT2D eigenvalue weighted by molar-refractivity contribution is 6.31. The molecule has 2 amide bonds. The van der Waals surface area contributed by atoms with E-state index in [2.05, 4.69) is 12.2 Å². The van der Waals surface area contributed by atoms with Crippen LogP contribution in [0.5, 0.6) is 5.75 Å². The predicted octanol–water partition coefficient (Wildman–Crippen LogP) is 3.49. The lowest BCUT2D eigenvalue weighted by Gasteiger charge is -2.31. The number of nitrogens with zero attached hydrogens (tertiary/aromatic N) is 1. The van der Waals surface area contributed by atoms with Crippen molar-refractivity contribution >= 4 is 29.1 Å². The molecule has 1 aliphatic heterocycles. The Kier molecular flexibility index (Phi) is 5.23. The van der Waals surface area contributed by atoms with Crippen molar-refractivity contribution in [3.8, 4) is 5.75 Å². The molecule has 1 saturated carbocycles. The maximum Gasteiger partial charge on any atom is 0.228 e. The minimum atomic E-state index is -0.245. The summed E-state index contributed by atoms with van der Waals surface area (Å²) in [5, 5.41) is 3.49. The lowest BCUT2D eigenvalue weighted by atomic mass is 10.00. The van der Waals surface area contributed by atoms with Crippen LogP contribution in [0.3, 0.4) is 0 Å². The van der Waals surface area contributed by atoms with E-state index in [1.54, 1.807) is 12.1 Å². The highest BCUT2D eigenvalue weighted by atomic mass is 35.5. The molecule has 25 heavy (non-hydrogen) atoms. The van der Waals surface area contributed by atoms with E-state index in [-0.39, 0.29) is 23.7 Å². The first kappa shape index (κ1) is 18.1. The summed E-state index contributed by atoms with van der Waals surface area (Å²) in [6, 6.07) is 3.49. The van der Waals surface area contributed by atoms with Crippen molar-refractivity contribution in [1.82, 2.24) is 4.90 Å². The van der Waals surface area contributed by atoms with Gasteiger partial charge in [0.05, 0.1) is 24.6 Å². The smallest absolute Gasteiger partial charge is 0.228 e. The van der Waals surface area contributed by atoms with Gasteiger partial charge in [0.1, 0.15) is 5.75 Å². The predicted molar refractivity (Wildman–Crippen MR) is 97.9 cm³/mol. The lowest BCUT2D eigenvalue weighted by molar-refractivity contribution is -0.135. The van der Waals surface area contributed by atoms with E-state index >= 15 is 0 Å².